The third-order valence-corrected chi connectivity index (χ3v) is 3.71. The van der Waals surface area contributed by atoms with E-state index in [1.807, 2.05) is 0 Å². The average molecular weight is 316 g/mol. The Bertz CT molecular complexity index is 800. The molecule has 0 aliphatic heterocycles. The number of aryl methyl sites for hydroxylation is 1. The lowest BCUT2D eigenvalue weighted by atomic mass is 10.1. The second-order valence-electron chi connectivity index (χ2n) is 4.90. The van der Waals surface area contributed by atoms with E-state index >= 15 is 0 Å². The van der Waals surface area contributed by atoms with Crippen LogP contribution in [0, 0.1) is 18.6 Å². The molecule has 0 saturated heterocycles. The third kappa shape index (κ3) is 2.79. The Kier molecular flexibility index (Phi) is 3.81. The number of sulfonamides is 1. The standard InChI is InChI=1S/C12H14F2N4O2S/c1-6(2)18-11(16-17-12(18)21(15,19)20)8-4-7(3)9(13)5-10(8)14/h4-6H,1-3H3,(H2,15,19,20). The molecule has 21 heavy (non-hydrogen) atoms. The molecule has 114 valence electrons. The molecule has 9 heteroatoms. The molecule has 0 saturated carbocycles. The molecule has 2 aromatic rings. The molecule has 0 aliphatic rings. The molecule has 1 heterocycles. The number of aromatic nitrogens is 3. The highest BCUT2D eigenvalue weighted by molar-refractivity contribution is 7.89. The predicted octanol–water partition coefficient (Wildman–Crippen LogP) is 1.76. The van der Waals surface area contributed by atoms with Crippen LogP contribution in [0.4, 0.5) is 8.78 Å². The van der Waals surface area contributed by atoms with E-state index in [9.17, 15) is 17.2 Å². The predicted molar refractivity (Wildman–Crippen MR) is 71.9 cm³/mol. The van der Waals surface area contributed by atoms with E-state index in [1.165, 1.54) is 17.6 Å². The highest BCUT2D eigenvalue weighted by atomic mass is 32.2. The van der Waals surface area contributed by atoms with Crippen LogP contribution in [0.2, 0.25) is 0 Å². The van der Waals surface area contributed by atoms with Gasteiger partial charge in [-0.1, -0.05) is 0 Å². The van der Waals surface area contributed by atoms with Crippen molar-refractivity contribution in [3.63, 3.8) is 0 Å². The lowest BCUT2D eigenvalue weighted by Crippen LogP contribution is -2.20. The molecule has 1 aromatic heterocycles. The molecule has 2 rings (SSSR count). The molecule has 0 unspecified atom stereocenters. The molecule has 0 bridgehead atoms. The number of benzene rings is 1. The van der Waals surface area contributed by atoms with Gasteiger partial charge in [-0.15, -0.1) is 10.2 Å². The number of hydrogen-bond donors (Lipinski definition) is 1. The van der Waals surface area contributed by atoms with E-state index in [1.54, 1.807) is 13.8 Å². The Morgan fingerprint density at radius 2 is 1.81 bits per heavy atom. The summed E-state index contributed by atoms with van der Waals surface area (Å²) in [6, 6.07) is 1.59. The fraction of sp³-hybridized carbons (Fsp3) is 0.333. The normalized spacial score (nSPS) is 12.1. The quantitative estimate of drug-likeness (QED) is 0.934. The van der Waals surface area contributed by atoms with Crippen molar-refractivity contribution < 1.29 is 17.2 Å². The van der Waals surface area contributed by atoms with Gasteiger partial charge in [-0.25, -0.2) is 22.3 Å². The highest BCUT2D eigenvalue weighted by Gasteiger charge is 2.25. The summed E-state index contributed by atoms with van der Waals surface area (Å²) in [5, 5.41) is 11.8. The van der Waals surface area contributed by atoms with Gasteiger partial charge in [-0.05, 0) is 32.4 Å². The maximum absolute atomic E-state index is 14.0. The fourth-order valence-electron chi connectivity index (χ4n) is 1.95. The Balaban J connectivity index is 2.77. The Labute approximate surface area is 120 Å². The fourth-order valence-corrected chi connectivity index (χ4v) is 2.67. The van der Waals surface area contributed by atoms with Crippen LogP contribution in [-0.2, 0) is 10.0 Å². The van der Waals surface area contributed by atoms with E-state index in [-0.39, 0.29) is 23.0 Å². The Hall–Kier alpha value is -1.87. The molecule has 6 nitrogen and oxygen atoms in total. The average Bonchev–Trinajstić information content (AvgIpc) is 2.78. The van der Waals surface area contributed by atoms with Crippen molar-refractivity contribution in [3.05, 3.63) is 29.3 Å². The van der Waals surface area contributed by atoms with Gasteiger partial charge in [0.2, 0.25) is 0 Å². The first-order valence-corrected chi connectivity index (χ1v) is 7.61. The lowest BCUT2D eigenvalue weighted by molar-refractivity contribution is 0.522. The van der Waals surface area contributed by atoms with Gasteiger partial charge in [-0.2, -0.15) is 0 Å². The topological polar surface area (TPSA) is 90.9 Å². The van der Waals surface area contributed by atoms with Crippen molar-refractivity contribution in [3.8, 4) is 11.4 Å². The number of nitrogens with two attached hydrogens (primary N) is 1. The molecule has 0 aliphatic carbocycles. The SMILES string of the molecule is Cc1cc(-c2nnc(S(N)(=O)=O)n2C(C)C)c(F)cc1F. The van der Waals surface area contributed by atoms with Gasteiger partial charge in [0.15, 0.2) is 5.82 Å². The minimum absolute atomic E-state index is 0.0189. The van der Waals surface area contributed by atoms with Crippen molar-refractivity contribution >= 4 is 10.0 Å². The molecular formula is C12H14F2N4O2S. The van der Waals surface area contributed by atoms with Crippen molar-refractivity contribution in [1.82, 2.24) is 14.8 Å². The van der Waals surface area contributed by atoms with E-state index < -0.39 is 26.8 Å². The van der Waals surface area contributed by atoms with Crippen molar-refractivity contribution in [2.75, 3.05) is 0 Å². The molecule has 0 atom stereocenters. The molecule has 0 fully saturated rings. The summed E-state index contributed by atoms with van der Waals surface area (Å²) in [7, 11) is -4.10. The lowest BCUT2D eigenvalue weighted by Gasteiger charge is -2.13. The van der Waals surface area contributed by atoms with Crippen LogP contribution in [0.1, 0.15) is 25.5 Å². The zero-order chi connectivity index (χ0) is 15.9. The largest absolute Gasteiger partial charge is 0.294 e. The van der Waals surface area contributed by atoms with Crippen molar-refractivity contribution in [1.29, 1.82) is 0 Å². The smallest absolute Gasteiger partial charge is 0.273 e. The van der Waals surface area contributed by atoms with Crippen LogP contribution in [0.3, 0.4) is 0 Å². The summed E-state index contributed by atoms with van der Waals surface area (Å²) in [5.74, 6) is -1.57. The van der Waals surface area contributed by atoms with E-state index in [2.05, 4.69) is 10.2 Å². The molecule has 2 N–H and O–H groups in total. The number of primary sulfonamides is 1. The number of nitrogens with zero attached hydrogens (tertiary/aromatic N) is 3. The summed E-state index contributed by atoms with van der Waals surface area (Å²) >= 11 is 0. The van der Waals surface area contributed by atoms with Crippen molar-refractivity contribution in [2.45, 2.75) is 32.0 Å². The molecule has 0 radical (unpaired) electrons. The summed E-state index contributed by atoms with van der Waals surface area (Å²) in [6.07, 6.45) is 0. The minimum atomic E-state index is -4.10. The van der Waals surface area contributed by atoms with E-state index in [0.29, 0.717) is 0 Å². The van der Waals surface area contributed by atoms with Gasteiger partial charge < -0.3 is 0 Å². The molecule has 0 spiro atoms. The first-order chi connectivity index (χ1) is 9.62. The zero-order valence-corrected chi connectivity index (χ0v) is 12.4. The maximum Gasteiger partial charge on any atom is 0.273 e. The first kappa shape index (κ1) is 15.5. The van der Waals surface area contributed by atoms with Crippen LogP contribution in [-0.4, -0.2) is 23.2 Å². The minimum Gasteiger partial charge on any atom is -0.294 e. The van der Waals surface area contributed by atoms with Gasteiger partial charge in [0.05, 0.1) is 5.56 Å². The molecule has 0 amide bonds. The Morgan fingerprint density at radius 3 is 2.33 bits per heavy atom. The summed E-state index contributed by atoms with van der Waals surface area (Å²) in [4.78, 5) is 0. The van der Waals surface area contributed by atoms with Gasteiger partial charge in [-0.3, -0.25) is 4.57 Å². The highest BCUT2D eigenvalue weighted by Crippen LogP contribution is 2.28. The number of halogens is 2. The van der Waals surface area contributed by atoms with Gasteiger partial charge in [0, 0.05) is 12.1 Å². The number of hydrogen-bond acceptors (Lipinski definition) is 4. The first-order valence-electron chi connectivity index (χ1n) is 6.06. The zero-order valence-electron chi connectivity index (χ0n) is 11.6. The second kappa shape index (κ2) is 5.15. The summed E-state index contributed by atoms with van der Waals surface area (Å²) < 4.78 is 51.5. The van der Waals surface area contributed by atoms with E-state index in [4.69, 9.17) is 5.14 Å². The van der Waals surface area contributed by atoms with Crippen LogP contribution in [0.5, 0.6) is 0 Å². The van der Waals surface area contributed by atoms with Crippen LogP contribution >= 0.6 is 0 Å². The van der Waals surface area contributed by atoms with Gasteiger partial charge in [0.1, 0.15) is 11.6 Å². The van der Waals surface area contributed by atoms with Gasteiger partial charge >= 0.3 is 0 Å². The summed E-state index contributed by atoms with van der Waals surface area (Å²) in [5.41, 5.74) is 0.173. The van der Waals surface area contributed by atoms with Crippen LogP contribution < -0.4 is 5.14 Å². The summed E-state index contributed by atoms with van der Waals surface area (Å²) in [6.45, 7) is 4.82. The van der Waals surface area contributed by atoms with Crippen molar-refractivity contribution in [2.24, 2.45) is 5.14 Å². The third-order valence-electron chi connectivity index (χ3n) is 2.92. The Morgan fingerprint density at radius 1 is 1.19 bits per heavy atom. The number of rotatable bonds is 3. The van der Waals surface area contributed by atoms with Crippen LogP contribution in [0.15, 0.2) is 17.3 Å². The second-order valence-corrected chi connectivity index (χ2v) is 6.35. The molecular weight excluding hydrogens is 302 g/mol. The maximum atomic E-state index is 14.0. The molecule has 1 aromatic carbocycles. The van der Waals surface area contributed by atoms with E-state index in [0.717, 1.165) is 6.07 Å². The van der Waals surface area contributed by atoms with Crippen LogP contribution in [0.25, 0.3) is 11.4 Å². The van der Waals surface area contributed by atoms with Gasteiger partial charge in [0.25, 0.3) is 15.2 Å². The monoisotopic (exact) mass is 316 g/mol.